The molecule has 5 heteroatoms. The molecular weight excluding hydrogens is 388 g/mol. The molecular formula is C26H44N2O3. The van der Waals surface area contributed by atoms with Gasteiger partial charge in [0, 0.05) is 13.0 Å². The average molecular weight is 433 g/mol. The van der Waals surface area contributed by atoms with Crippen LogP contribution < -0.4 is 0 Å². The maximum atomic E-state index is 13.4. The fraction of sp³-hybridized carbons (Fsp3) is 0.885. The predicted octanol–water partition coefficient (Wildman–Crippen LogP) is 5.81. The molecule has 1 aliphatic heterocycles. The molecule has 0 radical (unpaired) electrons. The fourth-order valence-electron chi connectivity index (χ4n) is 6.55. The van der Waals surface area contributed by atoms with E-state index < -0.39 is 5.54 Å². The number of urea groups is 1. The van der Waals surface area contributed by atoms with Crippen molar-refractivity contribution < 1.29 is 14.4 Å². The molecule has 0 aromatic rings. The number of nitrogens with zero attached hydrogens (tertiary/aromatic N) is 2. The molecule has 0 aromatic heterocycles. The number of carbonyl (C=O) groups is 3. The highest BCUT2D eigenvalue weighted by Gasteiger charge is 2.58. The summed E-state index contributed by atoms with van der Waals surface area (Å²) in [6.45, 7) is 6.10. The van der Waals surface area contributed by atoms with E-state index in [1.165, 1.54) is 49.8 Å². The minimum absolute atomic E-state index is 0.0476. The van der Waals surface area contributed by atoms with Crippen molar-refractivity contribution in [3.63, 3.8) is 0 Å². The summed E-state index contributed by atoms with van der Waals surface area (Å²) in [7, 11) is 1.74. The summed E-state index contributed by atoms with van der Waals surface area (Å²) in [6.07, 6.45) is 15.2. The van der Waals surface area contributed by atoms with E-state index in [1.807, 2.05) is 6.92 Å². The summed E-state index contributed by atoms with van der Waals surface area (Å²) in [5.41, 5.74) is -0.812. The number of amides is 3. The Morgan fingerprint density at radius 1 is 1.03 bits per heavy atom. The van der Waals surface area contributed by atoms with Gasteiger partial charge in [0.05, 0.1) is 6.54 Å². The Balaban J connectivity index is 1.61. The summed E-state index contributed by atoms with van der Waals surface area (Å²) in [6, 6.07) is -0.296. The summed E-state index contributed by atoms with van der Waals surface area (Å²) in [5, 5.41) is 0. The maximum absolute atomic E-state index is 13.4. The first-order valence-electron chi connectivity index (χ1n) is 12.9. The van der Waals surface area contributed by atoms with E-state index in [9.17, 15) is 14.4 Å². The molecule has 0 bridgehead atoms. The van der Waals surface area contributed by atoms with Crippen molar-refractivity contribution in [2.24, 2.45) is 23.7 Å². The topological polar surface area (TPSA) is 57.7 Å². The summed E-state index contributed by atoms with van der Waals surface area (Å²) in [4.78, 5) is 42.4. The summed E-state index contributed by atoms with van der Waals surface area (Å²) < 4.78 is 0. The fourth-order valence-corrected chi connectivity index (χ4v) is 6.55. The lowest BCUT2D eigenvalue weighted by atomic mass is 9.78. The largest absolute Gasteiger partial charge is 0.327 e. The zero-order chi connectivity index (χ0) is 22.6. The van der Waals surface area contributed by atoms with Crippen LogP contribution in [-0.2, 0) is 9.59 Å². The van der Waals surface area contributed by atoms with E-state index in [4.69, 9.17) is 0 Å². The standard InChI is InChI=1S/C26H44N2O3/c1-5-21(17-16-20-13-9-7-6-8-10-14-20)23(29)18-28-24(30)26(3,27(4)25(28)31)22-15-11-12-19(22)2/h19-22H,5-18H2,1-4H3. The van der Waals surface area contributed by atoms with E-state index in [0.29, 0.717) is 5.92 Å². The van der Waals surface area contributed by atoms with Gasteiger partial charge in [0.15, 0.2) is 5.78 Å². The van der Waals surface area contributed by atoms with E-state index >= 15 is 0 Å². The average Bonchev–Trinajstić information content (AvgIpc) is 3.23. The Morgan fingerprint density at radius 2 is 1.68 bits per heavy atom. The first kappa shape index (κ1) is 24.3. The molecule has 1 saturated heterocycles. The Morgan fingerprint density at radius 3 is 2.26 bits per heavy atom. The lowest BCUT2D eigenvalue weighted by Gasteiger charge is -2.36. The van der Waals surface area contributed by atoms with E-state index in [-0.39, 0.29) is 36.1 Å². The summed E-state index contributed by atoms with van der Waals surface area (Å²) in [5.74, 6) is 1.18. The smallest absolute Gasteiger partial charge is 0.313 e. The van der Waals surface area contributed by atoms with Crippen molar-refractivity contribution in [2.75, 3.05) is 13.6 Å². The third kappa shape index (κ3) is 5.01. The van der Waals surface area contributed by atoms with Gasteiger partial charge in [0.25, 0.3) is 5.91 Å². The maximum Gasteiger partial charge on any atom is 0.327 e. The van der Waals surface area contributed by atoms with Gasteiger partial charge >= 0.3 is 6.03 Å². The van der Waals surface area contributed by atoms with Gasteiger partial charge in [0.1, 0.15) is 5.54 Å². The number of carbonyl (C=O) groups excluding carboxylic acids is 3. The Kier molecular flexibility index (Phi) is 8.20. The lowest BCUT2D eigenvalue weighted by molar-refractivity contribution is -0.138. The monoisotopic (exact) mass is 432 g/mol. The molecule has 0 aromatic carbocycles. The summed E-state index contributed by atoms with van der Waals surface area (Å²) >= 11 is 0. The second-order valence-electron chi connectivity index (χ2n) is 10.8. The van der Waals surface area contributed by atoms with E-state index in [0.717, 1.165) is 44.4 Å². The second-order valence-corrected chi connectivity index (χ2v) is 10.8. The Bertz CT molecular complexity index is 655. The van der Waals surface area contributed by atoms with Gasteiger partial charge in [-0.25, -0.2) is 4.79 Å². The molecule has 176 valence electrons. The van der Waals surface area contributed by atoms with Crippen molar-refractivity contribution in [1.82, 2.24) is 9.80 Å². The SMILES string of the molecule is CCC(CCC1CCCCCCC1)C(=O)CN1C(=O)N(C)C(C)(C2CCCC2C)C1=O. The highest BCUT2D eigenvalue weighted by molar-refractivity contribution is 6.09. The normalized spacial score (nSPS) is 31.7. The second kappa shape index (κ2) is 10.5. The van der Waals surface area contributed by atoms with Crippen LogP contribution in [0.4, 0.5) is 4.79 Å². The molecule has 1 heterocycles. The first-order chi connectivity index (χ1) is 14.8. The number of hydrogen-bond donors (Lipinski definition) is 0. The molecule has 4 atom stereocenters. The third-order valence-corrected chi connectivity index (χ3v) is 8.89. The molecule has 3 amide bonds. The number of Topliss-reactive ketones (excluding diaryl/α,β-unsaturated/α-hetero) is 1. The number of ketones is 1. The van der Waals surface area contributed by atoms with Gasteiger partial charge in [-0.05, 0) is 50.4 Å². The van der Waals surface area contributed by atoms with Gasteiger partial charge < -0.3 is 4.90 Å². The van der Waals surface area contributed by atoms with Crippen LogP contribution in [0.5, 0.6) is 0 Å². The van der Waals surface area contributed by atoms with Crippen LogP contribution in [0, 0.1) is 23.7 Å². The number of likely N-dealkylation sites (N-methyl/N-ethyl adjacent to an activating group) is 1. The first-order valence-corrected chi connectivity index (χ1v) is 12.9. The molecule has 3 fully saturated rings. The van der Waals surface area contributed by atoms with Crippen molar-refractivity contribution in [3.05, 3.63) is 0 Å². The van der Waals surface area contributed by atoms with E-state index in [1.54, 1.807) is 11.9 Å². The highest BCUT2D eigenvalue weighted by Crippen LogP contribution is 2.45. The molecule has 3 rings (SSSR count). The molecule has 31 heavy (non-hydrogen) atoms. The lowest BCUT2D eigenvalue weighted by Crippen LogP contribution is -2.52. The van der Waals surface area contributed by atoms with E-state index in [2.05, 4.69) is 13.8 Å². The van der Waals surface area contributed by atoms with Crippen LogP contribution in [0.1, 0.15) is 104 Å². The van der Waals surface area contributed by atoms with Gasteiger partial charge in [0.2, 0.25) is 0 Å². The van der Waals surface area contributed by atoms with Crippen molar-refractivity contribution in [2.45, 2.75) is 110 Å². The van der Waals surface area contributed by atoms with Crippen LogP contribution in [-0.4, -0.2) is 46.7 Å². The zero-order valence-corrected chi connectivity index (χ0v) is 20.3. The molecule has 3 aliphatic rings. The van der Waals surface area contributed by atoms with Crippen LogP contribution in [0.3, 0.4) is 0 Å². The van der Waals surface area contributed by atoms with Crippen LogP contribution in [0.25, 0.3) is 0 Å². The molecule has 2 saturated carbocycles. The van der Waals surface area contributed by atoms with Crippen molar-refractivity contribution in [3.8, 4) is 0 Å². The molecule has 2 aliphatic carbocycles. The number of hydrogen-bond acceptors (Lipinski definition) is 3. The predicted molar refractivity (Wildman–Crippen MR) is 124 cm³/mol. The quantitative estimate of drug-likeness (QED) is 0.455. The minimum Gasteiger partial charge on any atom is -0.313 e. The Hall–Kier alpha value is -1.39. The van der Waals surface area contributed by atoms with Gasteiger partial charge in [-0.15, -0.1) is 0 Å². The third-order valence-electron chi connectivity index (χ3n) is 8.89. The van der Waals surface area contributed by atoms with Crippen molar-refractivity contribution >= 4 is 17.7 Å². The zero-order valence-electron chi connectivity index (χ0n) is 20.3. The number of rotatable bonds is 8. The molecule has 0 N–H and O–H groups in total. The highest BCUT2D eigenvalue weighted by atomic mass is 16.2. The van der Waals surface area contributed by atoms with Crippen molar-refractivity contribution in [1.29, 1.82) is 0 Å². The molecule has 5 nitrogen and oxygen atoms in total. The van der Waals surface area contributed by atoms with Crippen LogP contribution in [0.2, 0.25) is 0 Å². The van der Waals surface area contributed by atoms with Gasteiger partial charge in [-0.1, -0.05) is 71.6 Å². The Labute approximate surface area is 189 Å². The van der Waals surface area contributed by atoms with Gasteiger partial charge in [-0.2, -0.15) is 0 Å². The number of imide groups is 1. The molecule has 0 spiro atoms. The van der Waals surface area contributed by atoms with Crippen LogP contribution in [0.15, 0.2) is 0 Å². The van der Waals surface area contributed by atoms with Crippen LogP contribution >= 0.6 is 0 Å². The molecule has 4 unspecified atom stereocenters. The minimum atomic E-state index is -0.812. The van der Waals surface area contributed by atoms with Gasteiger partial charge in [-0.3, -0.25) is 14.5 Å².